The fourth-order valence-electron chi connectivity index (χ4n) is 1.96. The van der Waals surface area contributed by atoms with Crippen LogP contribution < -0.4 is 0 Å². The number of carbonyl (C=O) groups is 2. The quantitative estimate of drug-likeness (QED) is 0.767. The molecular weight excluding hydrogens is 258 g/mol. The molecule has 0 saturated carbocycles. The van der Waals surface area contributed by atoms with Crippen molar-refractivity contribution >= 4 is 11.9 Å². The van der Waals surface area contributed by atoms with Crippen molar-refractivity contribution in [2.45, 2.75) is 25.8 Å². The monoisotopic (exact) mass is 279 g/mol. The number of hydrogen-bond donors (Lipinski definition) is 1. The van der Waals surface area contributed by atoms with Gasteiger partial charge in [0.1, 0.15) is 0 Å². The van der Waals surface area contributed by atoms with Crippen LogP contribution in [-0.2, 0) is 9.53 Å². The Morgan fingerprint density at radius 1 is 1.30 bits per heavy atom. The molecule has 0 aliphatic rings. The first-order chi connectivity index (χ1) is 9.63. The van der Waals surface area contributed by atoms with E-state index in [9.17, 15) is 14.7 Å². The predicted octanol–water partition coefficient (Wildman–Crippen LogP) is 1.46. The molecule has 0 aliphatic heterocycles. The lowest BCUT2D eigenvalue weighted by molar-refractivity contribution is -0.140. The highest BCUT2D eigenvalue weighted by atomic mass is 16.5. The Hall–Kier alpha value is -1.88. The number of amides is 1. The molecule has 1 unspecified atom stereocenters. The second-order valence-electron chi connectivity index (χ2n) is 4.44. The van der Waals surface area contributed by atoms with Crippen molar-refractivity contribution in [1.29, 1.82) is 0 Å². The van der Waals surface area contributed by atoms with E-state index in [0.29, 0.717) is 12.0 Å². The third-order valence-corrected chi connectivity index (χ3v) is 3.19. The number of methoxy groups -OCH3 is 1. The summed E-state index contributed by atoms with van der Waals surface area (Å²) in [6.45, 7) is 2.00. The van der Waals surface area contributed by atoms with E-state index in [1.807, 2.05) is 13.0 Å². The van der Waals surface area contributed by atoms with E-state index in [1.165, 1.54) is 12.0 Å². The van der Waals surface area contributed by atoms with Crippen LogP contribution in [0.1, 0.15) is 30.1 Å². The fraction of sp³-hybridized carbons (Fsp3) is 0.467. The van der Waals surface area contributed by atoms with E-state index in [-0.39, 0.29) is 37.5 Å². The molecule has 1 aromatic carbocycles. The number of esters is 1. The highest BCUT2D eigenvalue weighted by Crippen LogP contribution is 2.12. The van der Waals surface area contributed by atoms with Crippen molar-refractivity contribution < 1.29 is 19.4 Å². The van der Waals surface area contributed by atoms with Gasteiger partial charge in [0.15, 0.2) is 0 Å². The second-order valence-corrected chi connectivity index (χ2v) is 4.44. The summed E-state index contributed by atoms with van der Waals surface area (Å²) in [7, 11) is 1.31. The number of carbonyl (C=O) groups excluding carboxylic acids is 2. The predicted molar refractivity (Wildman–Crippen MR) is 75.3 cm³/mol. The minimum atomic E-state index is -0.372. The minimum absolute atomic E-state index is 0.117. The molecule has 0 aliphatic carbocycles. The summed E-state index contributed by atoms with van der Waals surface area (Å²) < 4.78 is 4.59. The van der Waals surface area contributed by atoms with Gasteiger partial charge < -0.3 is 14.7 Å². The molecule has 0 aromatic heterocycles. The zero-order chi connectivity index (χ0) is 15.0. The average Bonchev–Trinajstić information content (AvgIpc) is 2.51. The van der Waals surface area contributed by atoms with E-state index in [4.69, 9.17) is 0 Å². The van der Waals surface area contributed by atoms with E-state index in [1.54, 1.807) is 24.3 Å². The Kier molecular flexibility index (Phi) is 6.73. The van der Waals surface area contributed by atoms with Gasteiger partial charge in [-0.2, -0.15) is 0 Å². The van der Waals surface area contributed by atoms with Crippen LogP contribution in [0.4, 0.5) is 0 Å². The molecule has 1 atom stereocenters. The van der Waals surface area contributed by atoms with Gasteiger partial charge in [0.2, 0.25) is 0 Å². The average molecular weight is 279 g/mol. The molecule has 1 N–H and O–H groups in total. The molecule has 0 saturated heterocycles. The van der Waals surface area contributed by atoms with Crippen LogP contribution in [-0.4, -0.2) is 48.2 Å². The molecular formula is C15H21NO4. The molecule has 110 valence electrons. The Labute approximate surface area is 119 Å². The smallest absolute Gasteiger partial charge is 0.307 e. The summed E-state index contributed by atoms with van der Waals surface area (Å²) in [6, 6.07) is 8.54. The molecule has 0 spiro atoms. The largest absolute Gasteiger partial charge is 0.469 e. The summed E-state index contributed by atoms with van der Waals surface area (Å²) in [5, 5.41) is 9.40. The molecule has 0 heterocycles. The van der Waals surface area contributed by atoms with Crippen LogP contribution in [0.3, 0.4) is 0 Å². The number of nitrogens with zero attached hydrogens (tertiary/aromatic N) is 1. The van der Waals surface area contributed by atoms with Crippen LogP contribution in [0.2, 0.25) is 0 Å². The zero-order valence-electron chi connectivity index (χ0n) is 11.9. The van der Waals surface area contributed by atoms with Gasteiger partial charge in [0, 0.05) is 12.1 Å². The standard InChI is InChI=1S/C15H21NO4/c1-3-13(11-17)16(10-9-14(18)20-2)15(19)12-7-5-4-6-8-12/h4-8,13,17H,3,9-11H2,1-2H3. The number of benzene rings is 1. The summed E-state index contributed by atoms with van der Waals surface area (Å²) in [5.74, 6) is -0.556. The zero-order valence-corrected chi connectivity index (χ0v) is 11.9. The number of rotatable bonds is 7. The lowest BCUT2D eigenvalue weighted by Crippen LogP contribution is -2.43. The summed E-state index contributed by atoms with van der Waals surface area (Å²) in [4.78, 5) is 25.3. The highest BCUT2D eigenvalue weighted by molar-refractivity contribution is 5.94. The van der Waals surface area contributed by atoms with E-state index < -0.39 is 0 Å². The first-order valence-electron chi connectivity index (χ1n) is 6.67. The van der Waals surface area contributed by atoms with E-state index in [0.717, 1.165) is 0 Å². The van der Waals surface area contributed by atoms with Crippen molar-refractivity contribution in [3.8, 4) is 0 Å². The van der Waals surface area contributed by atoms with Crippen LogP contribution in [0.5, 0.6) is 0 Å². The fourth-order valence-corrected chi connectivity index (χ4v) is 1.96. The minimum Gasteiger partial charge on any atom is -0.469 e. The van der Waals surface area contributed by atoms with Gasteiger partial charge in [0.25, 0.3) is 5.91 Å². The maximum absolute atomic E-state index is 12.5. The summed E-state index contributed by atoms with van der Waals surface area (Å²) in [6.07, 6.45) is 0.738. The van der Waals surface area contributed by atoms with Gasteiger partial charge in [-0.05, 0) is 18.6 Å². The topological polar surface area (TPSA) is 66.8 Å². The van der Waals surface area contributed by atoms with Gasteiger partial charge >= 0.3 is 5.97 Å². The number of hydrogen-bond acceptors (Lipinski definition) is 4. The maximum Gasteiger partial charge on any atom is 0.307 e. The molecule has 0 fully saturated rings. The van der Waals surface area contributed by atoms with Gasteiger partial charge in [-0.15, -0.1) is 0 Å². The molecule has 5 heteroatoms. The van der Waals surface area contributed by atoms with Crippen molar-refractivity contribution in [3.63, 3.8) is 0 Å². The molecule has 1 rings (SSSR count). The van der Waals surface area contributed by atoms with Crippen molar-refractivity contribution in [2.75, 3.05) is 20.3 Å². The maximum atomic E-state index is 12.5. The number of aliphatic hydroxyl groups is 1. The SMILES string of the molecule is CCC(CO)N(CCC(=O)OC)C(=O)c1ccccc1. The van der Waals surface area contributed by atoms with E-state index >= 15 is 0 Å². The molecule has 5 nitrogen and oxygen atoms in total. The lowest BCUT2D eigenvalue weighted by Gasteiger charge is -2.29. The number of ether oxygens (including phenoxy) is 1. The van der Waals surface area contributed by atoms with Crippen LogP contribution in [0.15, 0.2) is 30.3 Å². The molecule has 1 aromatic rings. The molecule has 0 radical (unpaired) electrons. The van der Waals surface area contributed by atoms with Crippen LogP contribution >= 0.6 is 0 Å². The third-order valence-electron chi connectivity index (χ3n) is 3.19. The Balaban J connectivity index is 2.86. The van der Waals surface area contributed by atoms with Crippen molar-refractivity contribution in [2.24, 2.45) is 0 Å². The van der Waals surface area contributed by atoms with Gasteiger partial charge in [-0.3, -0.25) is 9.59 Å². The van der Waals surface area contributed by atoms with Crippen molar-refractivity contribution in [1.82, 2.24) is 4.90 Å². The van der Waals surface area contributed by atoms with E-state index in [2.05, 4.69) is 4.74 Å². The Morgan fingerprint density at radius 3 is 2.45 bits per heavy atom. The van der Waals surface area contributed by atoms with Gasteiger partial charge in [0.05, 0.1) is 26.2 Å². The number of aliphatic hydroxyl groups excluding tert-OH is 1. The normalized spacial score (nSPS) is 11.8. The lowest BCUT2D eigenvalue weighted by atomic mass is 10.1. The third kappa shape index (κ3) is 4.35. The summed E-state index contributed by atoms with van der Waals surface area (Å²) >= 11 is 0. The Bertz CT molecular complexity index is 429. The summed E-state index contributed by atoms with van der Waals surface area (Å²) in [5.41, 5.74) is 0.546. The molecule has 0 bridgehead atoms. The van der Waals surface area contributed by atoms with Crippen molar-refractivity contribution in [3.05, 3.63) is 35.9 Å². The molecule has 20 heavy (non-hydrogen) atoms. The second kappa shape index (κ2) is 8.32. The van der Waals surface area contributed by atoms with Gasteiger partial charge in [-0.1, -0.05) is 25.1 Å². The highest BCUT2D eigenvalue weighted by Gasteiger charge is 2.23. The first-order valence-corrected chi connectivity index (χ1v) is 6.67. The Morgan fingerprint density at radius 2 is 1.95 bits per heavy atom. The van der Waals surface area contributed by atoms with Crippen LogP contribution in [0.25, 0.3) is 0 Å². The van der Waals surface area contributed by atoms with Gasteiger partial charge in [-0.25, -0.2) is 0 Å². The first kappa shape index (κ1) is 16.2. The molecule has 1 amide bonds. The van der Waals surface area contributed by atoms with Crippen LogP contribution in [0, 0.1) is 0 Å².